The van der Waals surface area contributed by atoms with E-state index in [-0.39, 0.29) is 19.0 Å². The zero-order valence-corrected chi connectivity index (χ0v) is 14.5. The van der Waals surface area contributed by atoms with Gasteiger partial charge in [0.2, 0.25) is 5.91 Å². The van der Waals surface area contributed by atoms with Crippen LogP contribution in [0.4, 0.5) is 0 Å². The lowest BCUT2D eigenvalue weighted by atomic mass is 9.97. The number of hydrogen-bond acceptors (Lipinski definition) is 3. The van der Waals surface area contributed by atoms with E-state index >= 15 is 0 Å². The van der Waals surface area contributed by atoms with Crippen molar-refractivity contribution in [2.75, 3.05) is 6.54 Å². The van der Waals surface area contributed by atoms with E-state index in [0.717, 1.165) is 22.5 Å². The van der Waals surface area contributed by atoms with Crippen LogP contribution in [0.3, 0.4) is 0 Å². The molecule has 0 aliphatic carbocycles. The maximum Gasteiger partial charge on any atom is 0.323 e. The Morgan fingerprint density at radius 2 is 1.88 bits per heavy atom. The van der Waals surface area contributed by atoms with Crippen molar-refractivity contribution in [3.05, 3.63) is 52.8 Å². The molecule has 1 N–H and O–H groups in total. The van der Waals surface area contributed by atoms with Gasteiger partial charge in [-0.15, -0.1) is 0 Å². The fourth-order valence-corrected chi connectivity index (χ4v) is 2.99. The summed E-state index contributed by atoms with van der Waals surface area (Å²) in [5.74, 6) is -1.67. The van der Waals surface area contributed by atoms with Gasteiger partial charge in [-0.2, -0.15) is 5.10 Å². The SMILES string of the molecule is Cc1nn(C)c(C)c1C(C)C(=O)N(CC(=O)O)Cc1ccccc1. The van der Waals surface area contributed by atoms with Gasteiger partial charge >= 0.3 is 5.97 Å². The third-order valence-electron chi connectivity index (χ3n) is 4.22. The highest BCUT2D eigenvalue weighted by atomic mass is 16.4. The molecule has 1 aromatic heterocycles. The molecule has 1 heterocycles. The molecule has 0 spiro atoms. The van der Waals surface area contributed by atoms with Gasteiger partial charge in [0.1, 0.15) is 6.54 Å². The number of carbonyl (C=O) groups excluding carboxylic acids is 1. The maximum atomic E-state index is 12.9. The van der Waals surface area contributed by atoms with Crippen LogP contribution in [0.2, 0.25) is 0 Å². The van der Waals surface area contributed by atoms with E-state index in [1.165, 1.54) is 4.90 Å². The molecule has 0 aliphatic heterocycles. The minimum Gasteiger partial charge on any atom is -0.480 e. The molecule has 1 aromatic carbocycles. The number of aromatic nitrogens is 2. The number of carbonyl (C=O) groups is 2. The fourth-order valence-electron chi connectivity index (χ4n) is 2.99. The highest BCUT2D eigenvalue weighted by Crippen LogP contribution is 2.25. The van der Waals surface area contributed by atoms with Crippen LogP contribution in [0.15, 0.2) is 30.3 Å². The Morgan fingerprint density at radius 3 is 2.38 bits per heavy atom. The van der Waals surface area contributed by atoms with Crippen LogP contribution in [0.1, 0.15) is 35.4 Å². The van der Waals surface area contributed by atoms with Crippen molar-refractivity contribution < 1.29 is 14.7 Å². The van der Waals surface area contributed by atoms with E-state index < -0.39 is 11.9 Å². The van der Waals surface area contributed by atoms with Gasteiger partial charge in [-0.25, -0.2) is 0 Å². The first-order valence-electron chi connectivity index (χ1n) is 7.85. The van der Waals surface area contributed by atoms with Crippen molar-refractivity contribution in [2.45, 2.75) is 33.2 Å². The minimum absolute atomic E-state index is 0.208. The second kappa shape index (κ2) is 7.29. The molecule has 0 fully saturated rings. The van der Waals surface area contributed by atoms with Gasteiger partial charge in [0.05, 0.1) is 11.6 Å². The van der Waals surface area contributed by atoms with Gasteiger partial charge in [0, 0.05) is 24.8 Å². The number of benzene rings is 1. The zero-order chi connectivity index (χ0) is 17.9. The summed E-state index contributed by atoms with van der Waals surface area (Å²) in [6.07, 6.45) is 0. The second-order valence-corrected chi connectivity index (χ2v) is 6.00. The Hall–Kier alpha value is -2.63. The van der Waals surface area contributed by atoms with Crippen molar-refractivity contribution in [1.82, 2.24) is 14.7 Å². The van der Waals surface area contributed by atoms with E-state index in [1.54, 1.807) is 11.6 Å². The first-order valence-corrected chi connectivity index (χ1v) is 7.85. The smallest absolute Gasteiger partial charge is 0.323 e. The van der Waals surface area contributed by atoms with Crippen LogP contribution >= 0.6 is 0 Å². The van der Waals surface area contributed by atoms with Crippen molar-refractivity contribution in [2.24, 2.45) is 7.05 Å². The summed E-state index contributed by atoms with van der Waals surface area (Å²) < 4.78 is 1.74. The summed E-state index contributed by atoms with van der Waals surface area (Å²) in [6.45, 7) is 5.53. The number of amides is 1. The zero-order valence-electron chi connectivity index (χ0n) is 14.5. The molecule has 0 saturated carbocycles. The number of aryl methyl sites for hydroxylation is 2. The topological polar surface area (TPSA) is 75.4 Å². The minimum atomic E-state index is -1.02. The van der Waals surface area contributed by atoms with E-state index in [1.807, 2.05) is 51.2 Å². The monoisotopic (exact) mass is 329 g/mol. The summed E-state index contributed by atoms with van der Waals surface area (Å²) in [7, 11) is 1.84. The predicted octanol–water partition coefficient (Wildman–Crippen LogP) is 2.25. The third-order valence-corrected chi connectivity index (χ3v) is 4.22. The third kappa shape index (κ3) is 3.82. The van der Waals surface area contributed by atoms with Gasteiger partial charge < -0.3 is 10.0 Å². The quantitative estimate of drug-likeness (QED) is 0.882. The van der Waals surface area contributed by atoms with Crippen molar-refractivity contribution in [1.29, 1.82) is 0 Å². The lowest BCUT2D eigenvalue weighted by Gasteiger charge is -2.24. The molecular weight excluding hydrogens is 306 g/mol. The first kappa shape index (κ1) is 17.7. The van der Waals surface area contributed by atoms with E-state index in [2.05, 4.69) is 5.10 Å². The van der Waals surface area contributed by atoms with Gasteiger partial charge in [0.25, 0.3) is 0 Å². The van der Waals surface area contributed by atoms with Crippen LogP contribution in [-0.2, 0) is 23.2 Å². The molecule has 24 heavy (non-hydrogen) atoms. The lowest BCUT2D eigenvalue weighted by molar-refractivity contribution is -0.145. The first-order chi connectivity index (χ1) is 11.3. The molecule has 128 valence electrons. The summed E-state index contributed by atoms with van der Waals surface area (Å²) in [6, 6.07) is 9.40. The van der Waals surface area contributed by atoms with Gasteiger partial charge in [-0.1, -0.05) is 30.3 Å². The number of aliphatic carboxylic acids is 1. The van der Waals surface area contributed by atoms with Gasteiger partial charge in [0.15, 0.2) is 0 Å². The molecule has 6 heteroatoms. The molecule has 0 aliphatic rings. The van der Waals surface area contributed by atoms with Crippen LogP contribution < -0.4 is 0 Å². The highest BCUT2D eigenvalue weighted by molar-refractivity contribution is 5.86. The average molecular weight is 329 g/mol. The van der Waals surface area contributed by atoms with E-state index in [9.17, 15) is 9.59 Å². The fraction of sp³-hybridized carbons (Fsp3) is 0.389. The summed E-state index contributed by atoms with van der Waals surface area (Å²) in [4.78, 5) is 25.5. The van der Waals surface area contributed by atoms with Crippen molar-refractivity contribution >= 4 is 11.9 Å². The van der Waals surface area contributed by atoms with E-state index in [4.69, 9.17) is 5.11 Å². The van der Waals surface area contributed by atoms with Crippen molar-refractivity contribution in [3.63, 3.8) is 0 Å². The molecule has 6 nitrogen and oxygen atoms in total. The standard InChI is InChI=1S/C18H23N3O3/c1-12(17-13(2)19-20(4)14(17)3)18(24)21(11-16(22)23)10-15-8-6-5-7-9-15/h5-9,12H,10-11H2,1-4H3,(H,22,23). The lowest BCUT2D eigenvalue weighted by Crippen LogP contribution is -2.38. The van der Waals surface area contributed by atoms with Gasteiger partial charge in [-0.3, -0.25) is 14.3 Å². The predicted molar refractivity (Wildman–Crippen MR) is 90.6 cm³/mol. The van der Waals surface area contributed by atoms with Crippen molar-refractivity contribution in [3.8, 4) is 0 Å². The van der Waals surface area contributed by atoms with E-state index in [0.29, 0.717) is 0 Å². The second-order valence-electron chi connectivity index (χ2n) is 6.00. The number of nitrogens with zero attached hydrogens (tertiary/aromatic N) is 3. The average Bonchev–Trinajstić information content (AvgIpc) is 2.78. The highest BCUT2D eigenvalue weighted by Gasteiger charge is 2.28. The number of hydrogen-bond donors (Lipinski definition) is 1. The Kier molecular flexibility index (Phi) is 5.39. The van der Waals surface area contributed by atoms with Crippen LogP contribution in [0.25, 0.3) is 0 Å². The molecular formula is C18H23N3O3. The molecule has 0 bridgehead atoms. The number of rotatable bonds is 6. The maximum absolute atomic E-state index is 12.9. The largest absolute Gasteiger partial charge is 0.480 e. The van der Waals surface area contributed by atoms with Crippen LogP contribution in [0, 0.1) is 13.8 Å². The summed E-state index contributed by atoms with van der Waals surface area (Å²) in [5.41, 5.74) is 3.49. The molecule has 2 aromatic rings. The van der Waals surface area contributed by atoms with Crippen LogP contribution in [0.5, 0.6) is 0 Å². The molecule has 0 radical (unpaired) electrons. The molecule has 0 saturated heterocycles. The Bertz CT molecular complexity index is 737. The Labute approximate surface area is 141 Å². The van der Waals surface area contributed by atoms with Crippen LogP contribution in [-0.4, -0.2) is 38.2 Å². The summed E-state index contributed by atoms with van der Waals surface area (Å²) >= 11 is 0. The number of carboxylic acids is 1. The van der Waals surface area contributed by atoms with Gasteiger partial charge in [-0.05, 0) is 26.3 Å². The summed E-state index contributed by atoms with van der Waals surface area (Å²) in [5, 5.41) is 13.5. The molecule has 2 rings (SSSR count). The molecule has 1 atom stereocenters. The Morgan fingerprint density at radius 1 is 1.25 bits per heavy atom. The molecule has 1 amide bonds. The normalized spacial score (nSPS) is 12.0. The molecule has 1 unspecified atom stereocenters. The number of carboxylic acid groups (broad SMARTS) is 1. The Balaban J connectivity index is 2.28.